The molecule has 0 bridgehead atoms. The number of thiophene rings is 1. The van der Waals surface area contributed by atoms with Crippen molar-refractivity contribution in [3.05, 3.63) is 70.5 Å². The first-order valence-electron chi connectivity index (χ1n) is 11.3. The highest BCUT2D eigenvalue weighted by Gasteiger charge is 2.47. The van der Waals surface area contributed by atoms with Crippen molar-refractivity contribution in [2.75, 3.05) is 31.1 Å². The minimum atomic E-state index is -0.150. The molecule has 0 N–H and O–H groups in total. The number of hydrogen-bond donors (Lipinski definition) is 0. The lowest BCUT2D eigenvalue weighted by molar-refractivity contribution is -0.133. The molecule has 32 heavy (non-hydrogen) atoms. The zero-order chi connectivity index (χ0) is 21.8. The van der Waals surface area contributed by atoms with Crippen LogP contribution in [0, 0.1) is 31.6 Å². The first-order chi connectivity index (χ1) is 15.6. The van der Waals surface area contributed by atoms with E-state index in [4.69, 9.17) is 0 Å². The SMILES string of the molecule is Cc1cc(C)nc(N2C[C@H]3CN(C(=O)C4C(c5ccsc5)=CN5C=CC=CC45)C[C@H]3C2)n1. The largest absolute Gasteiger partial charge is 0.346 e. The van der Waals surface area contributed by atoms with E-state index in [0.29, 0.717) is 11.8 Å². The Morgan fingerprint density at radius 3 is 2.50 bits per heavy atom. The fourth-order valence-electron chi connectivity index (χ4n) is 5.71. The Morgan fingerprint density at radius 2 is 1.81 bits per heavy atom. The average Bonchev–Trinajstić information content (AvgIpc) is 3.54. The summed E-state index contributed by atoms with van der Waals surface area (Å²) in [5.41, 5.74) is 4.32. The van der Waals surface area contributed by atoms with Crippen LogP contribution < -0.4 is 4.90 Å². The molecule has 2 aromatic heterocycles. The van der Waals surface area contributed by atoms with Gasteiger partial charge < -0.3 is 14.7 Å². The lowest BCUT2D eigenvalue weighted by atomic mass is 9.89. The van der Waals surface area contributed by atoms with Crippen molar-refractivity contribution in [2.24, 2.45) is 17.8 Å². The molecule has 7 heteroatoms. The molecule has 0 radical (unpaired) electrons. The maximum Gasteiger partial charge on any atom is 0.232 e. The first kappa shape index (κ1) is 19.7. The van der Waals surface area contributed by atoms with Crippen LogP contribution in [-0.2, 0) is 4.79 Å². The summed E-state index contributed by atoms with van der Waals surface area (Å²) in [7, 11) is 0. The van der Waals surface area contributed by atoms with E-state index in [1.54, 1.807) is 11.3 Å². The Kier molecular flexibility index (Phi) is 4.68. The van der Waals surface area contributed by atoms with Crippen LogP contribution in [0.2, 0.25) is 0 Å². The molecular weight excluding hydrogens is 418 g/mol. The summed E-state index contributed by atoms with van der Waals surface area (Å²) < 4.78 is 0. The standard InChI is InChI=1S/C25H27N5OS/c1-16-9-17(2)27-25(26-16)30-12-19-10-29(11-20(19)13-30)24(31)23-21(18-6-8-32-15-18)14-28-7-4-3-5-22(23)28/h3-9,14-15,19-20,22-23H,10-13H2,1-2H3/t19-,20+,22?,23?. The van der Waals surface area contributed by atoms with Crippen LogP contribution in [0.4, 0.5) is 5.95 Å². The average molecular weight is 446 g/mol. The second-order valence-electron chi connectivity index (χ2n) is 9.36. The third-order valence-electron chi connectivity index (χ3n) is 7.16. The van der Waals surface area contributed by atoms with Crippen LogP contribution in [0.5, 0.6) is 0 Å². The summed E-state index contributed by atoms with van der Waals surface area (Å²) in [6.07, 6.45) is 10.5. The number of rotatable bonds is 3. The Balaban J connectivity index is 1.20. The summed E-state index contributed by atoms with van der Waals surface area (Å²) >= 11 is 1.68. The van der Waals surface area contributed by atoms with Gasteiger partial charge in [-0.15, -0.1) is 0 Å². The van der Waals surface area contributed by atoms with Gasteiger partial charge >= 0.3 is 0 Å². The molecular formula is C25H27N5OS. The Bertz CT molecular complexity index is 1100. The molecule has 2 unspecified atom stereocenters. The number of nitrogens with zero attached hydrogens (tertiary/aromatic N) is 5. The number of allylic oxidation sites excluding steroid dienone is 2. The number of aromatic nitrogens is 2. The summed E-state index contributed by atoms with van der Waals surface area (Å²) in [6.45, 7) is 7.54. The van der Waals surface area contributed by atoms with Gasteiger partial charge in [0.1, 0.15) is 0 Å². The van der Waals surface area contributed by atoms with E-state index in [1.165, 1.54) is 5.56 Å². The zero-order valence-electron chi connectivity index (χ0n) is 18.4. The number of hydrogen-bond acceptors (Lipinski definition) is 6. The maximum absolute atomic E-state index is 13.8. The van der Waals surface area contributed by atoms with Crippen molar-refractivity contribution in [3.8, 4) is 0 Å². The molecule has 6 rings (SSSR count). The van der Waals surface area contributed by atoms with Crippen LogP contribution in [0.3, 0.4) is 0 Å². The molecule has 4 aliphatic heterocycles. The molecule has 2 saturated heterocycles. The van der Waals surface area contributed by atoms with Gasteiger partial charge in [0, 0.05) is 61.8 Å². The lowest BCUT2D eigenvalue weighted by Crippen LogP contribution is -2.42. The van der Waals surface area contributed by atoms with Gasteiger partial charge in [0.25, 0.3) is 0 Å². The van der Waals surface area contributed by atoms with Crippen molar-refractivity contribution in [1.29, 1.82) is 0 Å². The highest BCUT2D eigenvalue weighted by molar-refractivity contribution is 7.08. The van der Waals surface area contributed by atoms with Crippen molar-refractivity contribution in [3.63, 3.8) is 0 Å². The number of carbonyl (C=O) groups excluding carboxylic acids is 1. The maximum atomic E-state index is 13.8. The molecule has 2 aromatic rings. The zero-order valence-corrected chi connectivity index (χ0v) is 19.2. The minimum Gasteiger partial charge on any atom is -0.346 e. The first-order valence-corrected chi connectivity index (χ1v) is 12.2. The molecule has 6 nitrogen and oxygen atoms in total. The number of aryl methyl sites for hydroxylation is 2. The monoisotopic (exact) mass is 445 g/mol. The molecule has 0 aliphatic carbocycles. The van der Waals surface area contributed by atoms with E-state index in [9.17, 15) is 4.79 Å². The van der Waals surface area contributed by atoms with E-state index in [-0.39, 0.29) is 17.9 Å². The Morgan fingerprint density at radius 1 is 1.06 bits per heavy atom. The van der Waals surface area contributed by atoms with Crippen LogP contribution >= 0.6 is 11.3 Å². The predicted octanol–water partition coefficient (Wildman–Crippen LogP) is 3.47. The van der Waals surface area contributed by atoms with Gasteiger partial charge in [0.2, 0.25) is 11.9 Å². The van der Waals surface area contributed by atoms with Gasteiger partial charge in [-0.25, -0.2) is 9.97 Å². The number of fused-ring (bicyclic) bond motifs is 2. The summed E-state index contributed by atoms with van der Waals surface area (Å²) in [5.74, 6) is 1.91. The topological polar surface area (TPSA) is 52.6 Å². The molecule has 1 amide bonds. The van der Waals surface area contributed by atoms with Gasteiger partial charge in [-0.1, -0.05) is 12.2 Å². The number of anilines is 1. The summed E-state index contributed by atoms with van der Waals surface area (Å²) in [4.78, 5) is 29.8. The molecule has 0 spiro atoms. The van der Waals surface area contributed by atoms with Crippen molar-refractivity contribution < 1.29 is 4.79 Å². The van der Waals surface area contributed by atoms with Gasteiger partial charge in [-0.3, -0.25) is 4.79 Å². The fourth-order valence-corrected chi connectivity index (χ4v) is 6.37. The second-order valence-corrected chi connectivity index (χ2v) is 10.1. The Hall–Kier alpha value is -2.93. The second kappa shape index (κ2) is 7.59. The Labute approximate surface area is 192 Å². The summed E-state index contributed by atoms with van der Waals surface area (Å²) in [6, 6.07) is 4.21. The third-order valence-corrected chi connectivity index (χ3v) is 7.84. The molecule has 4 atom stereocenters. The van der Waals surface area contributed by atoms with E-state index < -0.39 is 0 Å². The smallest absolute Gasteiger partial charge is 0.232 e. The molecule has 6 heterocycles. The van der Waals surface area contributed by atoms with E-state index in [2.05, 4.69) is 66.0 Å². The minimum absolute atomic E-state index is 0.0722. The van der Waals surface area contributed by atoms with Crippen LogP contribution in [0.25, 0.3) is 5.57 Å². The van der Waals surface area contributed by atoms with Crippen molar-refractivity contribution in [2.45, 2.75) is 19.9 Å². The van der Waals surface area contributed by atoms with E-state index in [0.717, 1.165) is 49.1 Å². The molecule has 0 saturated carbocycles. The molecule has 164 valence electrons. The third kappa shape index (κ3) is 3.26. The summed E-state index contributed by atoms with van der Waals surface area (Å²) in [5, 5.41) is 4.24. The molecule has 0 aromatic carbocycles. The molecule has 2 fully saturated rings. The number of carbonyl (C=O) groups is 1. The van der Waals surface area contributed by atoms with E-state index >= 15 is 0 Å². The van der Waals surface area contributed by atoms with Gasteiger partial charge in [0.15, 0.2) is 0 Å². The van der Waals surface area contributed by atoms with Crippen LogP contribution in [0.1, 0.15) is 17.0 Å². The fraction of sp³-hybridized carbons (Fsp3) is 0.400. The number of likely N-dealkylation sites (tertiary alicyclic amines) is 1. The van der Waals surface area contributed by atoms with E-state index in [1.807, 2.05) is 26.0 Å². The quantitative estimate of drug-likeness (QED) is 0.724. The van der Waals surface area contributed by atoms with Gasteiger partial charge in [-0.05, 0) is 54.0 Å². The van der Waals surface area contributed by atoms with Crippen molar-refractivity contribution >= 4 is 28.8 Å². The molecule has 4 aliphatic rings. The lowest BCUT2D eigenvalue weighted by Gasteiger charge is -2.30. The van der Waals surface area contributed by atoms with Crippen molar-refractivity contribution in [1.82, 2.24) is 19.8 Å². The number of amides is 1. The predicted molar refractivity (Wildman–Crippen MR) is 127 cm³/mol. The van der Waals surface area contributed by atoms with Crippen LogP contribution in [-0.4, -0.2) is 57.9 Å². The van der Waals surface area contributed by atoms with Gasteiger partial charge in [0.05, 0.1) is 12.0 Å². The van der Waals surface area contributed by atoms with Crippen LogP contribution in [0.15, 0.2) is 53.5 Å². The highest BCUT2D eigenvalue weighted by Crippen LogP contribution is 2.41. The van der Waals surface area contributed by atoms with Gasteiger partial charge in [-0.2, -0.15) is 11.3 Å². The highest BCUT2D eigenvalue weighted by atomic mass is 32.1. The normalized spacial score (nSPS) is 28.3.